The van der Waals surface area contributed by atoms with E-state index in [1.165, 1.54) is 5.56 Å². The van der Waals surface area contributed by atoms with Crippen LogP contribution < -0.4 is 5.32 Å². The number of likely N-dealkylation sites (tertiary alicyclic amines) is 1. The fourth-order valence-corrected chi connectivity index (χ4v) is 3.18. The standard InChI is InChI=1S/C19H22N6O2/c1-13-3-5-14(6-4-13)18-23-17(24-27-18)12-25-10-7-15(16(26)11-25)22-19-20-8-2-9-21-19/h2-6,8-9,15-16,26H,7,10-12H2,1H3,(H,20,21,22)/t15-,16-/m1/s1. The molecule has 0 bridgehead atoms. The number of anilines is 1. The molecule has 3 aromatic rings. The molecule has 1 aliphatic rings. The summed E-state index contributed by atoms with van der Waals surface area (Å²) >= 11 is 0. The summed E-state index contributed by atoms with van der Waals surface area (Å²) in [6, 6.07) is 9.67. The third-order valence-electron chi connectivity index (χ3n) is 4.68. The molecule has 1 saturated heterocycles. The van der Waals surface area contributed by atoms with Crippen molar-refractivity contribution in [3.05, 3.63) is 54.1 Å². The molecule has 2 aromatic heterocycles. The van der Waals surface area contributed by atoms with Crippen LogP contribution in [-0.4, -0.2) is 55.4 Å². The quantitative estimate of drug-likeness (QED) is 0.706. The predicted molar refractivity (Wildman–Crippen MR) is 99.8 cm³/mol. The molecule has 4 rings (SSSR count). The zero-order valence-corrected chi connectivity index (χ0v) is 15.1. The van der Waals surface area contributed by atoms with Crippen LogP contribution in [0.2, 0.25) is 0 Å². The van der Waals surface area contributed by atoms with E-state index in [4.69, 9.17) is 4.52 Å². The molecule has 0 spiro atoms. The molecular formula is C19H22N6O2. The van der Waals surface area contributed by atoms with Gasteiger partial charge in [-0.25, -0.2) is 9.97 Å². The number of aromatic nitrogens is 4. The van der Waals surface area contributed by atoms with E-state index in [-0.39, 0.29) is 6.04 Å². The monoisotopic (exact) mass is 366 g/mol. The van der Waals surface area contributed by atoms with Gasteiger partial charge in [-0.05, 0) is 31.5 Å². The van der Waals surface area contributed by atoms with Gasteiger partial charge in [0.25, 0.3) is 5.89 Å². The summed E-state index contributed by atoms with van der Waals surface area (Å²) in [5.41, 5.74) is 2.09. The highest BCUT2D eigenvalue weighted by molar-refractivity contribution is 5.53. The van der Waals surface area contributed by atoms with Gasteiger partial charge in [0.05, 0.1) is 18.7 Å². The Balaban J connectivity index is 1.34. The first-order valence-electron chi connectivity index (χ1n) is 9.01. The molecule has 1 aliphatic heterocycles. The van der Waals surface area contributed by atoms with Crippen molar-refractivity contribution in [2.75, 3.05) is 18.4 Å². The molecule has 0 radical (unpaired) electrons. The second-order valence-corrected chi connectivity index (χ2v) is 6.80. The van der Waals surface area contributed by atoms with Crippen molar-refractivity contribution >= 4 is 5.95 Å². The van der Waals surface area contributed by atoms with Gasteiger partial charge in [0.2, 0.25) is 5.95 Å². The minimum Gasteiger partial charge on any atom is -0.390 e. The van der Waals surface area contributed by atoms with Crippen molar-refractivity contribution in [1.29, 1.82) is 0 Å². The Hall–Kier alpha value is -2.84. The third kappa shape index (κ3) is 4.29. The molecule has 0 saturated carbocycles. The van der Waals surface area contributed by atoms with Crippen molar-refractivity contribution < 1.29 is 9.63 Å². The first kappa shape index (κ1) is 17.6. The maximum Gasteiger partial charge on any atom is 0.257 e. The van der Waals surface area contributed by atoms with E-state index < -0.39 is 6.10 Å². The van der Waals surface area contributed by atoms with Gasteiger partial charge in [0, 0.05) is 31.0 Å². The fourth-order valence-electron chi connectivity index (χ4n) is 3.18. The highest BCUT2D eigenvalue weighted by atomic mass is 16.5. The van der Waals surface area contributed by atoms with E-state index in [1.54, 1.807) is 18.5 Å². The minimum absolute atomic E-state index is 0.0722. The van der Waals surface area contributed by atoms with Crippen LogP contribution in [0.5, 0.6) is 0 Å². The lowest BCUT2D eigenvalue weighted by molar-refractivity contribution is 0.0543. The molecule has 140 valence electrons. The summed E-state index contributed by atoms with van der Waals surface area (Å²) in [6.45, 7) is 3.92. The van der Waals surface area contributed by atoms with E-state index in [0.29, 0.717) is 30.8 Å². The normalized spacial score (nSPS) is 20.5. The highest BCUT2D eigenvalue weighted by Gasteiger charge is 2.29. The smallest absolute Gasteiger partial charge is 0.257 e. The Bertz CT molecular complexity index is 867. The maximum absolute atomic E-state index is 10.5. The number of piperidine rings is 1. The number of aliphatic hydroxyl groups is 1. The van der Waals surface area contributed by atoms with Crippen molar-refractivity contribution in [2.24, 2.45) is 0 Å². The molecule has 27 heavy (non-hydrogen) atoms. The number of aryl methyl sites for hydroxylation is 1. The number of hydrogen-bond donors (Lipinski definition) is 2. The van der Waals surface area contributed by atoms with Crippen LogP contribution in [0, 0.1) is 6.92 Å². The van der Waals surface area contributed by atoms with E-state index >= 15 is 0 Å². The number of benzene rings is 1. The van der Waals surface area contributed by atoms with Gasteiger partial charge in [-0.1, -0.05) is 22.9 Å². The third-order valence-corrected chi connectivity index (χ3v) is 4.68. The lowest BCUT2D eigenvalue weighted by Gasteiger charge is -2.35. The highest BCUT2D eigenvalue weighted by Crippen LogP contribution is 2.20. The zero-order chi connectivity index (χ0) is 18.6. The van der Waals surface area contributed by atoms with Gasteiger partial charge in [-0.2, -0.15) is 4.98 Å². The minimum atomic E-state index is -0.522. The molecule has 2 atom stereocenters. The van der Waals surface area contributed by atoms with Crippen molar-refractivity contribution in [3.63, 3.8) is 0 Å². The Morgan fingerprint density at radius 2 is 2.00 bits per heavy atom. The van der Waals surface area contributed by atoms with E-state index in [9.17, 15) is 5.11 Å². The molecule has 8 nitrogen and oxygen atoms in total. The van der Waals surface area contributed by atoms with Crippen LogP contribution in [0.15, 0.2) is 47.2 Å². The van der Waals surface area contributed by atoms with E-state index in [1.807, 2.05) is 31.2 Å². The summed E-state index contributed by atoms with van der Waals surface area (Å²) in [6.07, 6.45) is 3.62. The number of aliphatic hydroxyl groups excluding tert-OH is 1. The molecule has 0 aliphatic carbocycles. The molecule has 0 amide bonds. The number of nitrogens with zero attached hydrogens (tertiary/aromatic N) is 5. The number of hydrogen-bond acceptors (Lipinski definition) is 8. The lowest BCUT2D eigenvalue weighted by Crippen LogP contribution is -2.49. The lowest BCUT2D eigenvalue weighted by atomic mass is 10.0. The molecule has 1 fully saturated rings. The topological polar surface area (TPSA) is 100 Å². The van der Waals surface area contributed by atoms with Crippen molar-refractivity contribution in [3.8, 4) is 11.5 Å². The van der Waals surface area contributed by atoms with Gasteiger partial charge in [-0.3, -0.25) is 4.90 Å². The molecule has 3 heterocycles. The van der Waals surface area contributed by atoms with E-state index in [0.717, 1.165) is 18.5 Å². The summed E-state index contributed by atoms with van der Waals surface area (Å²) in [4.78, 5) is 14.9. The first-order valence-corrected chi connectivity index (χ1v) is 9.01. The van der Waals surface area contributed by atoms with Crippen LogP contribution in [0.3, 0.4) is 0 Å². The molecular weight excluding hydrogens is 344 g/mol. The second-order valence-electron chi connectivity index (χ2n) is 6.80. The largest absolute Gasteiger partial charge is 0.390 e. The summed E-state index contributed by atoms with van der Waals surface area (Å²) in [5, 5.41) is 17.7. The van der Waals surface area contributed by atoms with Crippen LogP contribution in [-0.2, 0) is 6.54 Å². The van der Waals surface area contributed by atoms with Crippen molar-refractivity contribution in [1.82, 2.24) is 25.0 Å². The first-order chi connectivity index (χ1) is 13.2. The van der Waals surface area contributed by atoms with Gasteiger partial charge >= 0.3 is 0 Å². The Kier molecular flexibility index (Phi) is 5.08. The number of nitrogens with one attached hydrogen (secondary N) is 1. The molecule has 2 N–H and O–H groups in total. The Morgan fingerprint density at radius 1 is 1.22 bits per heavy atom. The molecule has 8 heteroatoms. The number of β-amino-alcohol motifs (C(OH)–C–C–N with tert-alkyl or cyclic N) is 1. The van der Waals surface area contributed by atoms with Crippen LogP contribution in [0.25, 0.3) is 11.5 Å². The maximum atomic E-state index is 10.5. The number of rotatable bonds is 5. The Labute approximate surface area is 157 Å². The zero-order valence-electron chi connectivity index (χ0n) is 15.1. The van der Waals surface area contributed by atoms with Gasteiger partial charge in [0.1, 0.15) is 0 Å². The molecule has 1 aromatic carbocycles. The van der Waals surface area contributed by atoms with Crippen LogP contribution in [0.4, 0.5) is 5.95 Å². The summed E-state index contributed by atoms with van der Waals surface area (Å²) in [7, 11) is 0. The van der Waals surface area contributed by atoms with Crippen LogP contribution >= 0.6 is 0 Å². The van der Waals surface area contributed by atoms with Gasteiger partial charge in [-0.15, -0.1) is 0 Å². The SMILES string of the molecule is Cc1ccc(-c2nc(CN3CC[C@@H](Nc4ncccn4)[C@H](O)C3)no2)cc1. The average Bonchev–Trinajstić information content (AvgIpc) is 3.14. The van der Waals surface area contributed by atoms with Crippen LogP contribution in [0.1, 0.15) is 17.8 Å². The summed E-state index contributed by atoms with van der Waals surface area (Å²) in [5.74, 6) is 1.68. The average molecular weight is 366 g/mol. The van der Waals surface area contributed by atoms with E-state index in [2.05, 4.69) is 30.3 Å². The van der Waals surface area contributed by atoms with Gasteiger partial charge in [0.15, 0.2) is 5.82 Å². The van der Waals surface area contributed by atoms with Crippen molar-refractivity contribution in [2.45, 2.75) is 32.0 Å². The fraction of sp³-hybridized carbons (Fsp3) is 0.368. The van der Waals surface area contributed by atoms with Gasteiger partial charge < -0.3 is 14.9 Å². The predicted octanol–water partition coefficient (Wildman–Crippen LogP) is 1.88. The summed E-state index contributed by atoms with van der Waals surface area (Å²) < 4.78 is 5.38. The Morgan fingerprint density at radius 3 is 2.74 bits per heavy atom. The second kappa shape index (κ2) is 7.81. The molecule has 0 unspecified atom stereocenters.